The molecule has 1 atom stereocenters. The van der Waals surface area contributed by atoms with E-state index >= 15 is 0 Å². The average molecular weight is 292 g/mol. The maximum atomic E-state index is 12.5. The molecule has 0 aliphatic heterocycles. The number of alkyl halides is 3. The van der Waals surface area contributed by atoms with Gasteiger partial charge in [0, 0.05) is 6.20 Å². The van der Waals surface area contributed by atoms with Crippen LogP contribution in [0.5, 0.6) is 0 Å². The van der Waals surface area contributed by atoms with E-state index in [0.717, 1.165) is 12.3 Å². The van der Waals surface area contributed by atoms with Crippen LogP contribution in [0, 0.1) is 0 Å². The van der Waals surface area contributed by atoms with Crippen molar-refractivity contribution in [2.24, 2.45) is 0 Å². The Balaban J connectivity index is 2.89. The van der Waals surface area contributed by atoms with Crippen LogP contribution in [-0.2, 0) is 17.5 Å². The van der Waals surface area contributed by atoms with Crippen LogP contribution in [0.4, 0.5) is 13.2 Å². The van der Waals surface area contributed by atoms with Gasteiger partial charge in [-0.3, -0.25) is 9.59 Å². The number of hydrogen-bond acceptors (Lipinski definition) is 3. The van der Waals surface area contributed by atoms with Gasteiger partial charge in [0.25, 0.3) is 5.56 Å². The molecular weight excluding hydrogens is 277 g/mol. The van der Waals surface area contributed by atoms with Crippen LogP contribution in [0.25, 0.3) is 0 Å². The number of pyridine rings is 1. The molecule has 1 amide bonds. The second-order valence-electron chi connectivity index (χ2n) is 4.21. The highest BCUT2D eigenvalue weighted by Crippen LogP contribution is 2.25. The predicted molar refractivity (Wildman–Crippen MR) is 65.0 cm³/mol. The Morgan fingerprint density at radius 2 is 2.15 bits per heavy atom. The van der Waals surface area contributed by atoms with Crippen LogP contribution < -0.4 is 10.9 Å². The maximum absolute atomic E-state index is 12.5. The third-order valence-electron chi connectivity index (χ3n) is 2.72. The first-order valence-electron chi connectivity index (χ1n) is 5.96. The molecule has 1 rings (SSSR count). The van der Waals surface area contributed by atoms with E-state index in [1.54, 1.807) is 6.92 Å². The van der Waals surface area contributed by atoms with E-state index in [2.05, 4.69) is 5.32 Å². The summed E-state index contributed by atoms with van der Waals surface area (Å²) in [6.45, 7) is 0.927. The molecule has 1 aromatic rings. The Morgan fingerprint density at radius 1 is 1.50 bits per heavy atom. The van der Waals surface area contributed by atoms with Crippen molar-refractivity contribution in [2.45, 2.75) is 32.1 Å². The summed E-state index contributed by atoms with van der Waals surface area (Å²) in [5, 5.41) is 11.3. The largest absolute Gasteiger partial charge is 0.421 e. The SMILES string of the molecule is CCC(CO)NC(=O)Cn1cccc(C(F)(F)F)c1=O. The van der Waals surface area contributed by atoms with Crippen LogP contribution in [0.1, 0.15) is 18.9 Å². The molecule has 112 valence electrons. The molecular formula is C12H15F3N2O3. The lowest BCUT2D eigenvalue weighted by atomic mass is 10.2. The zero-order valence-electron chi connectivity index (χ0n) is 10.8. The summed E-state index contributed by atoms with van der Waals surface area (Å²) >= 11 is 0. The number of halogens is 3. The first-order valence-corrected chi connectivity index (χ1v) is 5.96. The second-order valence-corrected chi connectivity index (χ2v) is 4.21. The summed E-state index contributed by atoms with van der Waals surface area (Å²) in [5.41, 5.74) is -2.59. The van der Waals surface area contributed by atoms with E-state index in [-0.39, 0.29) is 6.61 Å². The highest BCUT2D eigenvalue weighted by Gasteiger charge is 2.34. The molecule has 1 aromatic heterocycles. The van der Waals surface area contributed by atoms with Crippen molar-refractivity contribution in [3.63, 3.8) is 0 Å². The molecule has 8 heteroatoms. The van der Waals surface area contributed by atoms with Crippen molar-refractivity contribution in [1.82, 2.24) is 9.88 Å². The van der Waals surface area contributed by atoms with E-state index in [0.29, 0.717) is 17.1 Å². The summed E-state index contributed by atoms with van der Waals surface area (Å²) in [4.78, 5) is 23.2. The van der Waals surface area contributed by atoms with Crippen molar-refractivity contribution < 1.29 is 23.1 Å². The van der Waals surface area contributed by atoms with Crippen molar-refractivity contribution in [3.05, 3.63) is 34.2 Å². The molecule has 1 heterocycles. The summed E-state index contributed by atoms with van der Waals surface area (Å²) in [6.07, 6.45) is -3.18. The van der Waals surface area contributed by atoms with Gasteiger partial charge in [0.1, 0.15) is 12.1 Å². The Morgan fingerprint density at radius 3 is 2.65 bits per heavy atom. The number of rotatable bonds is 5. The van der Waals surface area contributed by atoms with Gasteiger partial charge in [0.15, 0.2) is 0 Å². The number of nitrogens with zero attached hydrogens (tertiary/aromatic N) is 1. The van der Waals surface area contributed by atoms with Gasteiger partial charge < -0.3 is 15.0 Å². The molecule has 1 unspecified atom stereocenters. The third-order valence-corrected chi connectivity index (χ3v) is 2.72. The van der Waals surface area contributed by atoms with Gasteiger partial charge in [0.2, 0.25) is 5.91 Å². The third kappa shape index (κ3) is 4.09. The maximum Gasteiger partial charge on any atom is 0.421 e. The first kappa shape index (κ1) is 16.2. The van der Waals surface area contributed by atoms with E-state index in [9.17, 15) is 22.8 Å². The Kier molecular flexibility index (Phi) is 5.32. The molecule has 0 radical (unpaired) electrons. The van der Waals surface area contributed by atoms with Gasteiger partial charge in [-0.15, -0.1) is 0 Å². The van der Waals surface area contributed by atoms with Gasteiger partial charge >= 0.3 is 6.18 Å². The Labute approximate surface area is 113 Å². The topological polar surface area (TPSA) is 71.3 Å². The predicted octanol–water partition coefficient (Wildman–Crippen LogP) is 0.754. The lowest BCUT2D eigenvalue weighted by Crippen LogP contribution is -2.41. The fraction of sp³-hybridized carbons (Fsp3) is 0.500. The van der Waals surface area contributed by atoms with Gasteiger partial charge in [-0.2, -0.15) is 13.2 Å². The van der Waals surface area contributed by atoms with Crippen molar-refractivity contribution in [2.75, 3.05) is 6.61 Å². The molecule has 0 bridgehead atoms. The molecule has 2 N–H and O–H groups in total. The molecule has 20 heavy (non-hydrogen) atoms. The van der Waals surface area contributed by atoms with Crippen LogP contribution in [0.3, 0.4) is 0 Å². The fourth-order valence-corrected chi connectivity index (χ4v) is 1.58. The van der Waals surface area contributed by atoms with Gasteiger partial charge in [0.05, 0.1) is 12.6 Å². The second kappa shape index (κ2) is 6.56. The molecule has 0 aliphatic rings. The summed E-state index contributed by atoms with van der Waals surface area (Å²) < 4.78 is 38.3. The minimum Gasteiger partial charge on any atom is -0.394 e. The van der Waals surface area contributed by atoms with Crippen molar-refractivity contribution in [3.8, 4) is 0 Å². The molecule has 5 nitrogen and oxygen atoms in total. The van der Waals surface area contributed by atoms with E-state index in [4.69, 9.17) is 5.11 Å². The first-order chi connectivity index (χ1) is 9.29. The number of aromatic nitrogens is 1. The highest BCUT2D eigenvalue weighted by atomic mass is 19.4. The lowest BCUT2D eigenvalue weighted by molar-refractivity contribution is -0.139. The van der Waals surface area contributed by atoms with Gasteiger partial charge in [-0.1, -0.05) is 6.92 Å². The van der Waals surface area contributed by atoms with E-state index in [1.807, 2.05) is 0 Å². The Bertz CT molecular complexity index is 521. The van der Waals surface area contributed by atoms with E-state index in [1.165, 1.54) is 0 Å². The number of carbonyl (C=O) groups excluding carboxylic acids is 1. The Hall–Kier alpha value is -1.83. The average Bonchev–Trinajstić information content (AvgIpc) is 2.37. The smallest absolute Gasteiger partial charge is 0.394 e. The number of aliphatic hydroxyl groups excluding tert-OH is 1. The molecule has 0 fully saturated rings. The van der Waals surface area contributed by atoms with Crippen LogP contribution in [0.15, 0.2) is 23.1 Å². The lowest BCUT2D eigenvalue weighted by Gasteiger charge is -2.15. The van der Waals surface area contributed by atoms with Gasteiger partial charge in [-0.25, -0.2) is 0 Å². The minimum absolute atomic E-state index is 0.278. The summed E-state index contributed by atoms with van der Waals surface area (Å²) in [7, 11) is 0. The molecule has 0 saturated carbocycles. The summed E-state index contributed by atoms with van der Waals surface area (Å²) in [6, 6.07) is 1.24. The molecule has 0 aromatic carbocycles. The fourth-order valence-electron chi connectivity index (χ4n) is 1.58. The number of carbonyl (C=O) groups is 1. The van der Waals surface area contributed by atoms with E-state index < -0.39 is 35.8 Å². The normalized spacial score (nSPS) is 13.1. The highest BCUT2D eigenvalue weighted by molar-refractivity contribution is 5.76. The summed E-state index contributed by atoms with van der Waals surface area (Å²) in [5.74, 6) is -0.632. The number of nitrogens with one attached hydrogen (secondary N) is 1. The monoisotopic (exact) mass is 292 g/mol. The van der Waals surface area contributed by atoms with Crippen LogP contribution in [0.2, 0.25) is 0 Å². The quantitative estimate of drug-likeness (QED) is 0.841. The molecule has 0 aliphatic carbocycles. The number of hydrogen-bond donors (Lipinski definition) is 2. The van der Waals surface area contributed by atoms with Crippen LogP contribution in [-0.4, -0.2) is 28.2 Å². The zero-order chi connectivity index (χ0) is 15.3. The number of aliphatic hydroxyl groups is 1. The zero-order valence-corrected chi connectivity index (χ0v) is 10.8. The van der Waals surface area contributed by atoms with Gasteiger partial charge in [-0.05, 0) is 18.6 Å². The molecule has 0 saturated heterocycles. The minimum atomic E-state index is -4.76. The van der Waals surface area contributed by atoms with Crippen molar-refractivity contribution in [1.29, 1.82) is 0 Å². The van der Waals surface area contributed by atoms with Crippen LogP contribution >= 0.6 is 0 Å². The van der Waals surface area contributed by atoms with Crippen molar-refractivity contribution >= 4 is 5.91 Å². The molecule has 0 spiro atoms. The standard InChI is InChI=1S/C12H15F3N2O3/c1-2-8(7-18)16-10(19)6-17-5-3-4-9(11(17)20)12(13,14)15/h3-5,8,18H,2,6-7H2,1H3,(H,16,19). The number of amides is 1.